The zero-order chi connectivity index (χ0) is 19.8. The highest BCUT2D eigenvalue weighted by Gasteiger charge is 2.23. The van der Waals surface area contributed by atoms with Gasteiger partial charge in [-0.3, -0.25) is 0 Å². The molecule has 10 nitrogen and oxygen atoms in total. The third kappa shape index (κ3) is 5.96. The lowest BCUT2D eigenvalue weighted by Gasteiger charge is -2.14. The minimum absolute atomic E-state index is 0.0345. The van der Waals surface area contributed by atoms with E-state index in [2.05, 4.69) is 5.32 Å². The van der Waals surface area contributed by atoms with Crippen molar-refractivity contribution in [1.29, 1.82) is 0 Å². The SMILES string of the molecule is O=C(CC[C@H](NC(=O)OCc1ccccc1)C(=O)O)On1c(O)ccc1O. The summed E-state index contributed by atoms with van der Waals surface area (Å²) in [5, 5.41) is 30.1. The number of carboxylic acid groups (broad SMARTS) is 1. The van der Waals surface area contributed by atoms with E-state index in [4.69, 9.17) is 14.7 Å². The first-order chi connectivity index (χ1) is 12.9. The van der Waals surface area contributed by atoms with Crippen molar-refractivity contribution in [3.63, 3.8) is 0 Å². The van der Waals surface area contributed by atoms with Gasteiger partial charge in [-0.15, -0.1) is 4.73 Å². The van der Waals surface area contributed by atoms with E-state index >= 15 is 0 Å². The summed E-state index contributed by atoms with van der Waals surface area (Å²) in [6, 6.07) is 9.64. The summed E-state index contributed by atoms with van der Waals surface area (Å²) >= 11 is 0. The number of rotatable bonds is 8. The van der Waals surface area contributed by atoms with Crippen LogP contribution in [0.1, 0.15) is 18.4 Å². The Balaban J connectivity index is 1.81. The number of aromatic hydroxyl groups is 2. The number of aromatic nitrogens is 1. The number of hydrogen-bond acceptors (Lipinski definition) is 7. The van der Waals surface area contributed by atoms with E-state index in [0.29, 0.717) is 4.73 Å². The fourth-order valence-electron chi connectivity index (χ4n) is 2.07. The van der Waals surface area contributed by atoms with Crippen LogP contribution in [0.4, 0.5) is 4.79 Å². The molecule has 0 radical (unpaired) electrons. The number of alkyl carbamates (subject to hydrolysis) is 1. The molecule has 1 atom stereocenters. The minimum atomic E-state index is -1.38. The van der Waals surface area contributed by atoms with Gasteiger partial charge < -0.3 is 30.2 Å². The summed E-state index contributed by atoms with van der Waals surface area (Å²) in [4.78, 5) is 39.4. The van der Waals surface area contributed by atoms with Gasteiger partial charge >= 0.3 is 18.0 Å². The van der Waals surface area contributed by atoms with E-state index in [-0.39, 0.29) is 13.0 Å². The molecular weight excluding hydrogens is 360 g/mol. The Bertz CT molecular complexity index is 783. The summed E-state index contributed by atoms with van der Waals surface area (Å²) in [5.74, 6) is -3.27. The highest BCUT2D eigenvalue weighted by atomic mass is 16.7. The molecule has 0 bridgehead atoms. The van der Waals surface area contributed by atoms with E-state index in [1.54, 1.807) is 30.3 Å². The van der Waals surface area contributed by atoms with Crippen LogP contribution in [0.2, 0.25) is 0 Å². The van der Waals surface area contributed by atoms with E-state index in [9.17, 15) is 24.6 Å². The van der Waals surface area contributed by atoms with E-state index < -0.39 is 42.3 Å². The average molecular weight is 378 g/mol. The van der Waals surface area contributed by atoms with Crippen LogP contribution in [0.5, 0.6) is 11.8 Å². The normalized spacial score (nSPS) is 11.4. The molecule has 2 aromatic rings. The maximum absolute atomic E-state index is 11.7. The molecule has 0 saturated heterocycles. The molecule has 1 heterocycles. The first kappa shape index (κ1) is 19.6. The molecule has 1 amide bonds. The molecule has 2 rings (SSSR count). The second-order valence-corrected chi connectivity index (χ2v) is 5.44. The van der Waals surface area contributed by atoms with Crippen molar-refractivity contribution in [1.82, 2.24) is 10.0 Å². The van der Waals surface area contributed by atoms with E-state index in [0.717, 1.165) is 17.7 Å². The Morgan fingerprint density at radius 3 is 2.26 bits per heavy atom. The van der Waals surface area contributed by atoms with Gasteiger partial charge in [0.2, 0.25) is 11.8 Å². The summed E-state index contributed by atoms with van der Waals surface area (Å²) in [5.41, 5.74) is 0.731. The van der Waals surface area contributed by atoms with Crippen LogP contribution >= 0.6 is 0 Å². The fourth-order valence-corrected chi connectivity index (χ4v) is 2.07. The lowest BCUT2D eigenvalue weighted by molar-refractivity contribution is -0.146. The average Bonchev–Trinajstić information content (AvgIpc) is 2.96. The zero-order valence-electron chi connectivity index (χ0n) is 14.1. The van der Waals surface area contributed by atoms with Crippen LogP contribution in [0.25, 0.3) is 0 Å². The van der Waals surface area contributed by atoms with Gasteiger partial charge in [0.05, 0.1) is 6.42 Å². The molecule has 0 aliphatic carbocycles. The van der Waals surface area contributed by atoms with Crippen molar-refractivity contribution in [3.05, 3.63) is 48.0 Å². The molecule has 4 N–H and O–H groups in total. The number of carbonyl (C=O) groups is 3. The van der Waals surface area contributed by atoms with Crippen molar-refractivity contribution in [3.8, 4) is 11.8 Å². The number of carboxylic acids is 1. The Hall–Kier alpha value is -3.69. The van der Waals surface area contributed by atoms with E-state index in [1.807, 2.05) is 0 Å². The van der Waals surface area contributed by atoms with Crippen molar-refractivity contribution < 1.29 is 39.3 Å². The van der Waals surface area contributed by atoms with Crippen molar-refractivity contribution in [2.45, 2.75) is 25.5 Å². The number of nitrogens with one attached hydrogen (secondary N) is 1. The first-order valence-electron chi connectivity index (χ1n) is 7.87. The molecule has 0 saturated carbocycles. The van der Waals surface area contributed by atoms with Gasteiger partial charge in [-0.05, 0) is 12.0 Å². The van der Waals surface area contributed by atoms with Crippen LogP contribution < -0.4 is 10.2 Å². The molecule has 27 heavy (non-hydrogen) atoms. The summed E-state index contributed by atoms with van der Waals surface area (Å²) in [6.07, 6.45) is -1.62. The second kappa shape index (κ2) is 9.13. The highest BCUT2D eigenvalue weighted by Crippen LogP contribution is 2.19. The topological polar surface area (TPSA) is 147 Å². The van der Waals surface area contributed by atoms with Crippen molar-refractivity contribution in [2.24, 2.45) is 0 Å². The molecule has 0 aliphatic heterocycles. The van der Waals surface area contributed by atoms with Crippen LogP contribution in [-0.2, 0) is 20.9 Å². The Kier molecular flexibility index (Phi) is 6.64. The number of nitrogens with zero attached hydrogens (tertiary/aromatic N) is 1. The third-order valence-corrected chi connectivity index (χ3v) is 3.43. The fraction of sp³-hybridized carbons (Fsp3) is 0.235. The molecular formula is C17H18N2O8. The number of ether oxygens (including phenoxy) is 1. The smallest absolute Gasteiger partial charge is 0.408 e. The molecule has 10 heteroatoms. The van der Waals surface area contributed by atoms with Gasteiger partial charge in [0.25, 0.3) is 0 Å². The maximum Gasteiger partial charge on any atom is 0.408 e. The lowest BCUT2D eigenvalue weighted by Crippen LogP contribution is -2.41. The Morgan fingerprint density at radius 1 is 1.04 bits per heavy atom. The van der Waals surface area contributed by atoms with Gasteiger partial charge in [-0.1, -0.05) is 30.3 Å². The quantitative estimate of drug-likeness (QED) is 0.532. The summed E-state index contributed by atoms with van der Waals surface area (Å²) in [7, 11) is 0. The zero-order valence-corrected chi connectivity index (χ0v) is 14.1. The Labute approximate surface area is 153 Å². The number of carbonyl (C=O) groups excluding carboxylic acids is 2. The predicted molar refractivity (Wildman–Crippen MR) is 89.8 cm³/mol. The predicted octanol–water partition coefficient (Wildman–Crippen LogP) is 1.01. The van der Waals surface area contributed by atoms with Crippen LogP contribution in [0, 0.1) is 0 Å². The number of amides is 1. The van der Waals surface area contributed by atoms with Gasteiger partial charge in [0, 0.05) is 12.1 Å². The standard InChI is InChI=1S/C17H18N2O8/c20-13-7-8-14(21)19(13)27-15(22)9-6-12(16(23)24)18-17(25)26-10-11-4-2-1-3-5-11/h1-5,7-8,12,20-21H,6,9-10H2,(H,18,25)(H,23,24)/t12-/m0/s1. The molecule has 1 aromatic heterocycles. The molecule has 0 unspecified atom stereocenters. The molecule has 0 aliphatic rings. The molecule has 1 aromatic carbocycles. The Morgan fingerprint density at radius 2 is 1.67 bits per heavy atom. The monoisotopic (exact) mass is 378 g/mol. The minimum Gasteiger partial charge on any atom is -0.492 e. The summed E-state index contributed by atoms with van der Waals surface area (Å²) < 4.78 is 5.42. The first-order valence-corrected chi connectivity index (χ1v) is 7.87. The largest absolute Gasteiger partial charge is 0.492 e. The van der Waals surface area contributed by atoms with Crippen molar-refractivity contribution in [2.75, 3.05) is 0 Å². The second-order valence-electron chi connectivity index (χ2n) is 5.44. The lowest BCUT2D eigenvalue weighted by atomic mass is 10.1. The van der Waals surface area contributed by atoms with E-state index in [1.165, 1.54) is 0 Å². The van der Waals surface area contributed by atoms with Crippen LogP contribution in [0.15, 0.2) is 42.5 Å². The summed E-state index contributed by atoms with van der Waals surface area (Å²) in [6.45, 7) is -0.0345. The molecule has 144 valence electrons. The van der Waals surface area contributed by atoms with Crippen molar-refractivity contribution >= 4 is 18.0 Å². The molecule has 0 fully saturated rings. The van der Waals surface area contributed by atoms with Gasteiger partial charge in [0.15, 0.2) is 0 Å². The van der Waals surface area contributed by atoms with Gasteiger partial charge in [0.1, 0.15) is 12.6 Å². The van der Waals surface area contributed by atoms with Gasteiger partial charge in [-0.2, -0.15) is 0 Å². The number of hydrogen-bond donors (Lipinski definition) is 4. The highest BCUT2D eigenvalue weighted by molar-refractivity contribution is 5.80. The molecule has 0 spiro atoms. The van der Waals surface area contributed by atoms with Gasteiger partial charge in [-0.25, -0.2) is 14.4 Å². The number of aliphatic carboxylic acids is 1. The van der Waals surface area contributed by atoms with Crippen LogP contribution in [0.3, 0.4) is 0 Å². The third-order valence-electron chi connectivity index (χ3n) is 3.43. The maximum atomic E-state index is 11.7. The number of benzene rings is 1. The van der Waals surface area contributed by atoms with Crippen LogP contribution in [-0.4, -0.2) is 44.1 Å².